The lowest BCUT2D eigenvalue weighted by Crippen LogP contribution is -2.30. The van der Waals surface area contributed by atoms with E-state index in [0.717, 1.165) is 114 Å². The minimum absolute atomic E-state index is 0.105. The van der Waals surface area contributed by atoms with Crippen molar-refractivity contribution in [3.8, 4) is 0 Å². The number of ether oxygens (including phenoxy) is 4. The first-order valence-corrected chi connectivity index (χ1v) is 39.2. The first-order valence-electron chi connectivity index (χ1n) is 36.2. The lowest BCUT2D eigenvalue weighted by molar-refractivity contribution is -0.161. The zero-order valence-electron chi connectivity index (χ0n) is 58.1. The first-order chi connectivity index (χ1) is 42.6. The van der Waals surface area contributed by atoms with Crippen molar-refractivity contribution in [1.29, 1.82) is 0 Å². The second kappa shape index (κ2) is 59.8. The molecule has 17 nitrogen and oxygen atoms in total. The molecule has 3 N–H and O–H groups in total. The number of hydrogen-bond donors (Lipinski definition) is 3. The van der Waals surface area contributed by atoms with Gasteiger partial charge in [0.25, 0.3) is 0 Å². The van der Waals surface area contributed by atoms with Gasteiger partial charge in [-0.1, -0.05) is 293 Å². The fourth-order valence-electron chi connectivity index (χ4n) is 10.5. The van der Waals surface area contributed by atoms with Crippen LogP contribution in [0.25, 0.3) is 0 Å². The Morgan fingerprint density at radius 2 is 0.472 bits per heavy atom. The largest absolute Gasteiger partial charge is 0.472 e. The van der Waals surface area contributed by atoms with Gasteiger partial charge in [-0.3, -0.25) is 37.3 Å². The number of aliphatic hydroxyl groups is 1. The average molecular weight is 1310 g/mol. The minimum Gasteiger partial charge on any atom is -0.462 e. The van der Waals surface area contributed by atoms with E-state index in [0.29, 0.717) is 31.6 Å². The van der Waals surface area contributed by atoms with Gasteiger partial charge < -0.3 is 33.8 Å². The lowest BCUT2D eigenvalue weighted by Gasteiger charge is -2.21. The van der Waals surface area contributed by atoms with Gasteiger partial charge in [0.15, 0.2) is 12.2 Å². The summed E-state index contributed by atoms with van der Waals surface area (Å²) >= 11 is 0. The highest BCUT2D eigenvalue weighted by molar-refractivity contribution is 7.47. The number of rotatable bonds is 67. The molecule has 0 aliphatic heterocycles. The standard InChI is InChI=1S/C70H136O17P2/c1-60(2)46-38-30-22-15-10-9-11-18-27-36-44-52-69(74)87-66(57-81-68(73)51-43-35-29-21-25-33-41-49-63(7)8)59-85-89(78,79)83-55-64(71)54-82-88(76,77)84-58-65(56-80-67(72)50-42-34-26-20-14-17-24-32-40-48-62(5)6)86-70(75)53-45-37-28-19-13-12-16-23-31-39-47-61(3)4/h60-66,71H,9-59H2,1-8H3,(H,76,77)(H,78,79)/t64?,65-,66-/m1/s1. The predicted molar refractivity (Wildman–Crippen MR) is 358 cm³/mol. The van der Waals surface area contributed by atoms with Crippen LogP contribution in [-0.2, 0) is 65.4 Å². The monoisotopic (exact) mass is 1310 g/mol. The molecule has 0 heterocycles. The summed E-state index contributed by atoms with van der Waals surface area (Å²) in [6.45, 7) is 14.1. The van der Waals surface area contributed by atoms with E-state index in [4.69, 9.17) is 37.0 Å². The van der Waals surface area contributed by atoms with Crippen molar-refractivity contribution in [3.05, 3.63) is 0 Å². The number of carbonyl (C=O) groups excluding carboxylic acids is 4. The summed E-state index contributed by atoms with van der Waals surface area (Å²) in [6.07, 6.45) is 41.7. The Morgan fingerprint density at radius 1 is 0.281 bits per heavy atom. The zero-order valence-corrected chi connectivity index (χ0v) is 59.8. The molecule has 0 saturated carbocycles. The van der Waals surface area contributed by atoms with E-state index in [1.807, 2.05) is 0 Å². The predicted octanol–water partition coefficient (Wildman–Crippen LogP) is 19.7. The summed E-state index contributed by atoms with van der Waals surface area (Å²) in [5.74, 6) is 0.836. The van der Waals surface area contributed by atoms with Crippen molar-refractivity contribution in [1.82, 2.24) is 0 Å². The molecule has 19 heteroatoms. The van der Waals surface area contributed by atoms with Crippen LogP contribution in [0.5, 0.6) is 0 Å². The van der Waals surface area contributed by atoms with Crippen LogP contribution in [0.4, 0.5) is 0 Å². The second-order valence-electron chi connectivity index (χ2n) is 27.2. The second-order valence-corrected chi connectivity index (χ2v) is 30.1. The van der Waals surface area contributed by atoms with Gasteiger partial charge in [0.1, 0.15) is 19.3 Å². The van der Waals surface area contributed by atoms with Crippen LogP contribution in [0, 0.1) is 23.7 Å². The topological polar surface area (TPSA) is 237 Å². The van der Waals surface area contributed by atoms with Crippen molar-refractivity contribution in [2.45, 2.75) is 363 Å². The summed E-state index contributed by atoms with van der Waals surface area (Å²) in [6, 6.07) is 0. The van der Waals surface area contributed by atoms with Crippen LogP contribution in [0.15, 0.2) is 0 Å². The van der Waals surface area contributed by atoms with Crippen LogP contribution in [0.2, 0.25) is 0 Å². The number of aliphatic hydroxyl groups excluding tert-OH is 1. The molecule has 0 spiro atoms. The Balaban J connectivity index is 5.26. The van der Waals surface area contributed by atoms with Crippen molar-refractivity contribution in [2.75, 3.05) is 39.6 Å². The third-order valence-electron chi connectivity index (χ3n) is 16.1. The zero-order chi connectivity index (χ0) is 66.1. The molecule has 5 atom stereocenters. The summed E-state index contributed by atoms with van der Waals surface area (Å²) in [5.41, 5.74) is 0. The molecular formula is C70H136O17P2. The number of phosphoric ester groups is 2. The molecule has 0 bridgehead atoms. The van der Waals surface area contributed by atoms with E-state index in [-0.39, 0.29) is 25.7 Å². The minimum atomic E-state index is -4.95. The Morgan fingerprint density at radius 3 is 0.697 bits per heavy atom. The maximum atomic E-state index is 13.0. The van der Waals surface area contributed by atoms with E-state index < -0.39 is 97.5 Å². The fraction of sp³-hybridized carbons (Fsp3) is 0.943. The normalized spacial score (nSPS) is 14.3. The molecule has 0 rings (SSSR count). The van der Waals surface area contributed by atoms with Gasteiger partial charge in [-0.2, -0.15) is 0 Å². The molecule has 0 amide bonds. The highest BCUT2D eigenvalue weighted by Gasteiger charge is 2.30. The summed E-state index contributed by atoms with van der Waals surface area (Å²) in [5, 5.41) is 10.6. The Bertz CT molecular complexity index is 1760. The van der Waals surface area contributed by atoms with E-state index in [1.165, 1.54) is 141 Å². The van der Waals surface area contributed by atoms with Gasteiger partial charge in [-0.05, 0) is 49.4 Å². The molecule has 0 aliphatic rings. The number of carbonyl (C=O) groups is 4. The maximum absolute atomic E-state index is 13.0. The summed E-state index contributed by atoms with van der Waals surface area (Å²) < 4.78 is 68.3. The SMILES string of the molecule is CC(C)CCCCCCCCCCCCCC(=O)O[C@H](COC(=O)CCCCCCCCCC(C)C)COP(=O)(O)OCC(O)COP(=O)(O)OC[C@@H](COC(=O)CCCCCCCCCCCC(C)C)OC(=O)CCCCCCCCCCCCC(C)C. The molecule has 0 fully saturated rings. The van der Waals surface area contributed by atoms with Gasteiger partial charge in [0, 0.05) is 25.7 Å². The summed E-state index contributed by atoms with van der Waals surface area (Å²) in [4.78, 5) is 72.5. The third kappa shape index (κ3) is 64.6. The molecule has 3 unspecified atom stereocenters. The average Bonchev–Trinajstić information content (AvgIpc) is 3.66. The van der Waals surface area contributed by atoms with E-state index in [9.17, 15) is 43.2 Å². The fourth-order valence-corrected chi connectivity index (χ4v) is 12.1. The van der Waals surface area contributed by atoms with Gasteiger partial charge in [-0.25, -0.2) is 9.13 Å². The molecule has 0 saturated heterocycles. The Labute approximate surface area is 543 Å². The van der Waals surface area contributed by atoms with Crippen LogP contribution < -0.4 is 0 Å². The summed E-state index contributed by atoms with van der Waals surface area (Å²) in [7, 11) is -9.90. The number of unbranched alkanes of at least 4 members (excludes halogenated alkanes) is 33. The smallest absolute Gasteiger partial charge is 0.462 e. The molecule has 0 aromatic carbocycles. The highest BCUT2D eigenvalue weighted by atomic mass is 31.2. The van der Waals surface area contributed by atoms with Crippen molar-refractivity contribution >= 4 is 39.5 Å². The third-order valence-corrected chi connectivity index (χ3v) is 18.0. The first kappa shape index (κ1) is 87.1. The molecule has 0 aliphatic carbocycles. The van der Waals surface area contributed by atoms with Gasteiger partial charge in [0.05, 0.1) is 26.4 Å². The molecule has 0 aromatic heterocycles. The molecule has 0 radical (unpaired) electrons. The van der Waals surface area contributed by atoms with E-state index in [1.54, 1.807) is 0 Å². The Kier molecular flexibility index (Phi) is 58.5. The van der Waals surface area contributed by atoms with Crippen LogP contribution in [-0.4, -0.2) is 96.7 Å². The lowest BCUT2D eigenvalue weighted by atomic mass is 10.0. The van der Waals surface area contributed by atoms with Gasteiger partial charge >= 0.3 is 39.5 Å². The van der Waals surface area contributed by atoms with Crippen LogP contribution >= 0.6 is 15.6 Å². The number of phosphoric acid groups is 2. The van der Waals surface area contributed by atoms with Crippen molar-refractivity contribution < 1.29 is 80.2 Å². The van der Waals surface area contributed by atoms with Crippen molar-refractivity contribution in [3.63, 3.8) is 0 Å². The molecule has 89 heavy (non-hydrogen) atoms. The van der Waals surface area contributed by atoms with E-state index >= 15 is 0 Å². The highest BCUT2D eigenvalue weighted by Crippen LogP contribution is 2.45. The van der Waals surface area contributed by atoms with Crippen molar-refractivity contribution in [2.24, 2.45) is 23.7 Å². The number of esters is 4. The molecular weight excluding hydrogens is 1170 g/mol. The van der Waals surface area contributed by atoms with Gasteiger partial charge in [-0.15, -0.1) is 0 Å². The van der Waals surface area contributed by atoms with Gasteiger partial charge in [0.2, 0.25) is 0 Å². The van der Waals surface area contributed by atoms with E-state index in [2.05, 4.69) is 55.4 Å². The van der Waals surface area contributed by atoms with Crippen LogP contribution in [0.3, 0.4) is 0 Å². The molecule has 528 valence electrons. The number of hydrogen-bond acceptors (Lipinski definition) is 15. The quantitative estimate of drug-likeness (QED) is 0.0222. The molecule has 0 aromatic rings. The Hall–Kier alpha value is -1.94. The maximum Gasteiger partial charge on any atom is 0.472 e. The van der Waals surface area contributed by atoms with Crippen LogP contribution in [0.1, 0.15) is 344 Å².